The maximum Gasteiger partial charge on any atom is 0.410 e. The van der Waals surface area contributed by atoms with Gasteiger partial charge in [0.15, 0.2) is 0 Å². The second-order valence-electron chi connectivity index (χ2n) is 7.44. The van der Waals surface area contributed by atoms with Gasteiger partial charge in [0.25, 0.3) is 0 Å². The maximum atomic E-state index is 12.1. The van der Waals surface area contributed by atoms with Crippen LogP contribution in [0, 0.1) is 5.92 Å². The number of aromatic nitrogens is 1. The van der Waals surface area contributed by atoms with E-state index in [1.54, 1.807) is 0 Å². The van der Waals surface area contributed by atoms with Crippen molar-refractivity contribution in [3.8, 4) is 0 Å². The van der Waals surface area contributed by atoms with Crippen molar-refractivity contribution in [1.29, 1.82) is 0 Å². The van der Waals surface area contributed by atoms with Gasteiger partial charge in [-0.15, -0.1) is 0 Å². The first-order chi connectivity index (χ1) is 10.9. The molecule has 1 aromatic carbocycles. The summed E-state index contributed by atoms with van der Waals surface area (Å²) in [7, 11) is 0. The van der Waals surface area contributed by atoms with E-state index in [0.717, 1.165) is 32.5 Å². The average molecular weight is 314 g/mol. The molecule has 0 unspecified atom stereocenters. The molecule has 0 N–H and O–H groups in total. The Bertz CT molecular complexity index is 676. The maximum absolute atomic E-state index is 12.1. The minimum Gasteiger partial charge on any atom is -0.444 e. The van der Waals surface area contributed by atoms with Crippen molar-refractivity contribution >= 4 is 17.0 Å². The van der Waals surface area contributed by atoms with Crippen molar-refractivity contribution in [2.24, 2.45) is 5.92 Å². The van der Waals surface area contributed by atoms with Crippen molar-refractivity contribution in [3.63, 3.8) is 0 Å². The van der Waals surface area contributed by atoms with Gasteiger partial charge in [-0.2, -0.15) is 0 Å². The van der Waals surface area contributed by atoms with E-state index in [0.29, 0.717) is 5.92 Å². The summed E-state index contributed by atoms with van der Waals surface area (Å²) in [6, 6.07) is 10.7. The summed E-state index contributed by atoms with van der Waals surface area (Å²) in [6.07, 6.45) is 4.06. The normalized spacial score (nSPS) is 16.7. The zero-order chi connectivity index (χ0) is 16.4. The van der Waals surface area contributed by atoms with Crippen molar-refractivity contribution in [2.75, 3.05) is 13.1 Å². The van der Waals surface area contributed by atoms with Crippen LogP contribution in [0.3, 0.4) is 0 Å². The minimum atomic E-state index is -0.419. The summed E-state index contributed by atoms with van der Waals surface area (Å²) < 4.78 is 7.79. The van der Waals surface area contributed by atoms with Crippen LogP contribution >= 0.6 is 0 Å². The molecule has 2 heterocycles. The highest BCUT2D eigenvalue weighted by Crippen LogP contribution is 2.23. The molecule has 0 spiro atoms. The lowest BCUT2D eigenvalue weighted by molar-refractivity contribution is 0.0178. The summed E-state index contributed by atoms with van der Waals surface area (Å²) in [5.41, 5.74) is 0.875. The van der Waals surface area contributed by atoms with E-state index in [4.69, 9.17) is 4.74 Å². The van der Waals surface area contributed by atoms with E-state index in [1.165, 1.54) is 10.9 Å². The third-order valence-electron chi connectivity index (χ3n) is 4.40. The summed E-state index contributed by atoms with van der Waals surface area (Å²) in [5.74, 6) is 0.615. The van der Waals surface area contributed by atoms with Crippen LogP contribution < -0.4 is 0 Å². The number of ether oxygens (including phenoxy) is 1. The molecule has 1 amide bonds. The minimum absolute atomic E-state index is 0.178. The molecule has 4 heteroatoms. The summed E-state index contributed by atoms with van der Waals surface area (Å²) in [6.45, 7) is 8.34. The van der Waals surface area contributed by atoms with Crippen LogP contribution in [0.5, 0.6) is 0 Å². The van der Waals surface area contributed by atoms with Gasteiger partial charge in [-0.25, -0.2) is 4.79 Å². The molecule has 1 aliphatic rings. The predicted molar refractivity (Wildman–Crippen MR) is 92.5 cm³/mol. The Labute approximate surface area is 138 Å². The molecule has 1 fully saturated rings. The van der Waals surface area contributed by atoms with Crippen LogP contribution in [-0.2, 0) is 11.3 Å². The lowest BCUT2D eigenvalue weighted by Crippen LogP contribution is -2.42. The molecule has 1 saturated heterocycles. The number of hydrogen-bond acceptors (Lipinski definition) is 2. The van der Waals surface area contributed by atoms with E-state index >= 15 is 0 Å². The Balaban J connectivity index is 1.56. The van der Waals surface area contributed by atoms with Crippen LogP contribution in [0.15, 0.2) is 36.5 Å². The van der Waals surface area contributed by atoms with Gasteiger partial charge in [0.05, 0.1) is 0 Å². The van der Waals surface area contributed by atoms with Gasteiger partial charge in [-0.3, -0.25) is 0 Å². The smallest absolute Gasteiger partial charge is 0.410 e. The zero-order valence-electron chi connectivity index (χ0n) is 14.3. The largest absolute Gasteiger partial charge is 0.444 e. The monoisotopic (exact) mass is 314 g/mol. The van der Waals surface area contributed by atoms with E-state index < -0.39 is 5.60 Å². The quantitative estimate of drug-likeness (QED) is 0.829. The van der Waals surface area contributed by atoms with E-state index in [9.17, 15) is 4.79 Å². The van der Waals surface area contributed by atoms with Crippen molar-refractivity contribution in [3.05, 3.63) is 36.5 Å². The summed E-state index contributed by atoms with van der Waals surface area (Å²) >= 11 is 0. The van der Waals surface area contributed by atoms with Crippen molar-refractivity contribution < 1.29 is 9.53 Å². The zero-order valence-corrected chi connectivity index (χ0v) is 14.3. The third-order valence-corrected chi connectivity index (χ3v) is 4.40. The fourth-order valence-corrected chi connectivity index (χ4v) is 3.20. The number of fused-ring (bicyclic) bond motifs is 1. The molecule has 4 nitrogen and oxygen atoms in total. The Kier molecular flexibility index (Phi) is 4.33. The highest BCUT2D eigenvalue weighted by molar-refractivity contribution is 5.79. The number of carbonyl (C=O) groups is 1. The Hall–Kier alpha value is -1.97. The number of para-hydroxylation sites is 1. The molecular weight excluding hydrogens is 288 g/mol. The molecule has 0 aliphatic carbocycles. The van der Waals surface area contributed by atoms with Crippen LogP contribution in [0.1, 0.15) is 33.6 Å². The van der Waals surface area contributed by atoms with Gasteiger partial charge < -0.3 is 14.2 Å². The van der Waals surface area contributed by atoms with Crippen molar-refractivity contribution in [1.82, 2.24) is 9.47 Å². The van der Waals surface area contributed by atoms with Crippen LogP contribution in [-0.4, -0.2) is 34.3 Å². The molecule has 0 bridgehead atoms. The standard InChI is InChI=1S/C19H26N2O2/c1-19(2,3)23-18(22)20-11-8-15(9-12-20)14-21-13-10-16-6-4-5-7-17(16)21/h4-7,10,13,15H,8-9,11-12,14H2,1-3H3. The molecule has 1 aliphatic heterocycles. The molecule has 23 heavy (non-hydrogen) atoms. The molecule has 0 atom stereocenters. The Morgan fingerprint density at radius 1 is 1.17 bits per heavy atom. The number of amides is 1. The second-order valence-corrected chi connectivity index (χ2v) is 7.44. The Morgan fingerprint density at radius 2 is 1.87 bits per heavy atom. The number of carbonyl (C=O) groups excluding carboxylic acids is 1. The highest BCUT2D eigenvalue weighted by Gasteiger charge is 2.27. The van der Waals surface area contributed by atoms with Crippen LogP contribution in [0.25, 0.3) is 10.9 Å². The van der Waals surface area contributed by atoms with Crippen LogP contribution in [0.4, 0.5) is 4.79 Å². The van der Waals surface area contributed by atoms with Crippen molar-refractivity contribution in [2.45, 2.75) is 45.8 Å². The average Bonchev–Trinajstić information content (AvgIpc) is 2.90. The first kappa shape index (κ1) is 15.9. The third kappa shape index (κ3) is 3.87. The van der Waals surface area contributed by atoms with Gasteiger partial charge in [0.2, 0.25) is 0 Å². The first-order valence-electron chi connectivity index (χ1n) is 8.44. The van der Waals surface area contributed by atoms with Gasteiger partial charge >= 0.3 is 6.09 Å². The number of nitrogens with zero attached hydrogens (tertiary/aromatic N) is 2. The lowest BCUT2D eigenvalue weighted by atomic mass is 9.97. The fraction of sp³-hybridized carbons (Fsp3) is 0.526. The second kappa shape index (κ2) is 6.26. The Morgan fingerprint density at radius 3 is 2.57 bits per heavy atom. The SMILES string of the molecule is CC(C)(C)OC(=O)N1CCC(Cn2ccc3ccccc32)CC1. The number of likely N-dealkylation sites (tertiary alicyclic amines) is 1. The summed E-state index contributed by atoms with van der Waals surface area (Å²) in [4.78, 5) is 14.0. The molecular formula is C19H26N2O2. The number of benzene rings is 1. The lowest BCUT2D eigenvalue weighted by Gasteiger charge is -2.33. The van der Waals surface area contributed by atoms with E-state index in [2.05, 4.69) is 41.1 Å². The first-order valence-corrected chi connectivity index (χ1v) is 8.44. The van der Waals surface area contributed by atoms with E-state index in [1.807, 2.05) is 25.7 Å². The van der Waals surface area contributed by atoms with Gasteiger partial charge in [0.1, 0.15) is 5.60 Å². The number of rotatable bonds is 2. The molecule has 0 radical (unpaired) electrons. The van der Waals surface area contributed by atoms with Gasteiger partial charge in [-0.05, 0) is 57.0 Å². The van der Waals surface area contributed by atoms with Gasteiger partial charge in [0, 0.05) is 31.3 Å². The fourth-order valence-electron chi connectivity index (χ4n) is 3.20. The molecule has 3 rings (SSSR count). The topological polar surface area (TPSA) is 34.5 Å². The number of piperidine rings is 1. The molecule has 2 aromatic rings. The molecule has 0 saturated carbocycles. The summed E-state index contributed by atoms with van der Waals surface area (Å²) in [5, 5.41) is 1.29. The van der Waals surface area contributed by atoms with Crippen LogP contribution in [0.2, 0.25) is 0 Å². The predicted octanol–water partition coefficient (Wildman–Crippen LogP) is 4.29. The molecule has 124 valence electrons. The molecule has 1 aromatic heterocycles. The van der Waals surface area contributed by atoms with Gasteiger partial charge in [-0.1, -0.05) is 18.2 Å². The highest BCUT2D eigenvalue weighted by atomic mass is 16.6. The number of hydrogen-bond donors (Lipinski definition) is 0. The van der Waals surface area contributed by atoms with E-state index in [-0.39, 0.29) is 6.09 Å².